The highest BCUT2D eigenvalue weighted by Gasteiger charge is 2.02. The molecule has 0 saturated heterocycles. The van der Waals surface area contributed by atoms with Gasteiger partial charge < -0.3 is 14.9 Å². The summed E-state index contributed by atoms with van der Waals surface area (Å²) >= 11 is 0. The fourth-order valence-corrected chi connectivity index (χ4v) is 1.75. The summed E-state index contributed by atoms with van der Waals surface area (Å²) in [5.41, 5.74) is 1.28. The van der Waals surface area contributed by atoms with Gasteiger partial charge in [0.2, 0.25) is 0 Å². The number of hydrogen-bond acceptors (Lipinski definition) is 3. The molecular formula is C17H15FO3. The molecular weight excluding hydrogens is 271 g/mol. The average molecular weight is 286 g/mol. The van der Waals surface area contributed by atoms with Gasteiger partial charge >= 0.3 is 0 Å². The summed E-state index contributed by atoms with van der Waals surface area (Å²) in [5, 5.41) is 18.0. The molecule has 0 radical (unpaired) electrons. The molecule has 2 aromatic rings. The van der Waals surface area contributed by atoms with Gasteiger partial charge in [0.05, 0.1) is 6.61 Å². The predicted octanol–water partition coefficient (Wildman–Crippen LogP) is 2.84. The number of phenols is 1. The van der Waals surface area contributed by atoms with E-state index in [0.29, 0.717) is 17.7 Å². The Morgan fingerprint density at radius 2 is 2.00 bits per heavy atom. The Labute approximate surface area is 122 Å². The molecule has 0 aliphatic heterocycles. The van der Waals surface area contributed by atoms with E-state index in [1.165, 1.54) is 12.1 Å². The van der Waals surface area contributed by atoms with E-state index in [2.05, 4.69) is 11.8 Å². The number of rotatable bonds is 4. The molecule has 0 heterocycles. The standard InChI is InChI=1S/C17H15FO3/c18-15-8-13(4-1-2-7-19)10-17(11-15)21-12-14-5-3-6-16(20)9-14/h3,5-6,8-11,19-20H,2,7,12H2. The van der Waals surface area contributed by atoms with Crippen LogP contribution in [-0.2, 0) is 6.61 Å². The number of aliphatic hydroxyl groups is 1. The second kappa shape index (κ2) is 7.32. The van der Waals surface area contributed by atoms with E-state index in [-0.39, 0.29) is 19.0 Å². The second-order valence-corrected chi connectivity index (χ2v) is 4.41. The lowest BCUT2D eigenvalue weighted by atomic mass is 10.2. The lowest BCUT2D eigenvalue weighted by Crippen LogP contribution is -1.96. The van der Waals surface area contributed by atoms with Crippen LogP contribution < -0.4 is 4.74 Å². The molecule has 0 bridgehead atoms. The number of phenolic OH excluding ortho intramolecular Hbond substituents is 1. The zero-order valence-corrected chi connectivity index (χ0v) is 11.3. The maximum atomic E-state index is 13.5. The van der Waals surface area contributed by atoms with Crippen molar-refractivity contribution in [1.82, 2.24) is 0 Å². The van der Waals surface area contributed by atoms with Gasteiger partial charge in [-0.05, 0) is 29.8 Å². The third kappa shape index (κ3) is 4.83. The van der Waals surface area contributed by atoms with E-state index < -0.39 is 5.82 Å². The van der Waals surface area contributed by atoms with Gasteiger partial charge in [-0.3, -0.25) is 0 Å². The van der Waals surface area contributed by atoms with E-state index >= 15 is 0 Å². The Morgan fingerprint density at radius 1 is 1.14 bits per heavy atom. The first-order valence-corrected chi connectivity index (χ1v) is 6.48. The zero-order chi connectivity index (χ0) is 15.1. The van der Waals surface area contributed by atoms with Gasteiger partial charge in [-0.15, -0.1) is 0 Å². The van der Waals surface area contributed by atoms with Crippen molar-refractivity contribution < 1.29 is 19.3 Å². The monoisotopic (exact) mass is 286 g/mol. The molecule has 0 amide bonds. The molecule has 0 aliphatic carbocycles. The maximum Gasteiger partial charge on any atom is 0.128 e. The number of benzene rings is 2. The van der Waals surface area contributed by atoms with Crippen molar-refractivity contribution in [2.45, 2.75) is 13.0 Å². The molecule has 2 N–H and O–H groups in total. The largest absolute Gasteiger partial charge is 0.508 e. The first-order chi connectivity index (χ1) is 10.2. The summed E-state index contributed by atoms with van der Waals surface area (Å²) in [4.78, 5) is 0. The summed E-state index contributed by atoms with van der Waals surface area (Å²) in [6, 6.07) is 10.9. The van der Waals surface area contributed by atoms with E-state index in [9.17, 15) is 9.50 Å². The highest BCUT2D eigenvalue weighted by atomic mass is 19.1. The molecule has 0 unspecified atom stereocenters. The van der Waals surface area contributed by atoms with E-state index in [1.54, 1.807) is 30.3 Å². The van der Waals surface area contributed by atoms with Gasteiger partial charge in [-0.1, -0.05) is 24.0 Å². The van der Waals surface area contributed by atoms with Crippen LogP contribution in [0.25, 0.3) is 0 Å². The van der Waals surface area contributed by atoms with Crippen LogP contribution in [0.5, 0.6) is 11.5 Å². The van der Waals surface area contributed by atoms with E-state index in [1.807, 2.05) is 0 Å². The van der Waals surface area contributed by atoms with E-state index in [0.717, 1.165) is 5.56 Å². The Balaban J connectivity index is 2.08. The smallest absolute Gasteiger partial charge is 0.128 e. The number of hydrogen-bond donors (Lipinski definition) is 2. The molecule has 108 valence electrons. The minimum Gasteiger partial charge on any atom is -0.508 e. The summed E-state index contributed by atoms with van der Waals surface area (Å²) in [7, 11) is 0. The van der Waals surface area contributed by atoms with Crippen LogP contribution in [0.2, 0.25) is 0 Å². The van der Waals surface area contributed by atoms with Crippen molar-refractivity contribution in [1.29, 1.82) is 0 Å². The molecule has 0 spiro atoms. The fraction of sp³-hybridized carbons (Fsp3) is 0.176. The first kappa shape index (κ1) is 14.9. The number of aliphatic hydroxyl groups excluding tert-OH is 1. The van der Waals surface area contributed by atoms with Crippen molar-refractivity contribution in [3.05, 3.63) is 59.4 Å². The average Bonchev–Trinajstić information content (AvgIpc) is 2.45. The molecule has 2 rings (SSSR count). The fourth-order valence-electron chi connectivity index (χ4n) is 1.75. The van der Waals surface area contributed by atoms with Crippen LogP contribution in [0.1, 0.15) is 17.5 Å². The van der Waals surface area contributed by atoms with Gasteiger partial charge in [-0.2, -0.15) is 0 Å². The highest BCUT2D eigenvalue weighted by molar-refractivity contribution is 5.40. The van der Waals surface area contributed by atoms with Crippen LogP contribution in [0.15, 0.2) is 42.5 Å². The summed E-state index contributed by atoms with van der Waals surface area (Å²) < 4.78 is 19.0. The van der Waals surface area contributed by atoms with Crippen LogP contribution in [0.3, 0.4) is 0 Å². The van der Waals surface area contributed by atoms with Crippen molar-refractivity contribution in [2.75, 3.05) is 6.61 Å². The first-order valence-electron chi connectivity index (χ1n) is 6.48. The van der Waals surface area contributed by atoms with Crippen molar-refractivity contribution in [3.8, 4) is 23.3 Å². The van der Waals surface area contributed by atoms with Gasteiger partial charge in [0.1, 0.15) is 23.9 Å². The maximum absolute atomic E-state index is 13.5. The minimum absolute atomic E-state index is 0.0246. The van der Waals surface area contributed by atoms with Crippen molar-refractivity contribution in [3.63, 3.8) is 0 Å². The van der Waals surface area contributed by atoms with Gasteiger partial charge in [0.15, 0.2) is 0 Å². The molecule has 0 fully saturated rings. The number of halogens is 1. The molecule has 0 aliphatic rings. The van der Waals surface area contributed by atoms with Crippen LogP contribution in [0, 0.1) is 17.7 Å². The van der Waals surface area contributed by atoms with Gasteiger partial charge in [-0.25, -0.2) is 4.39 Å². The lowest BCUT2D eigenvalue weighted by Gasteiger charge is -2.07. The SMILES string of the molecule is OCCC#Cc1cc(F)cc(OCc2cccc(O)c2)c1. The summed E-state index contributed by atoms with van der Waals surface area (Å²) in [6.45, 7) is 0.199. The third-order valence-electron chi connectivity index (χ3n) is 2.66. The Kier molecular flexibility index (Phi) is 5.19. The van der Waals surface area contributed by atoms with Gasteiger partial charge in [0, 0.05) is 18.1 Å². The number of ether oxygens (including phenoxy) is 1. The normalized spacial score (nSPS) is 9.81. The molecule has 0 atom stereocenters. The minimum atomic E-state index is -0.434. The molecule has 0 aromatic heterocycles. The molecule has 21 heavy (non-hydrogen) atoms. The van der Waals surface area contributed by atoms with Crippen LogP contribution >= 0.6 is 0 Å². The Hall–Kier alpha value is -2.51. The Bertz CT molecular complexity index is 671. The summed E-state index contributed by atoms with van der Waals surface area (Å²) in [5.74, 6) is 5.59. The summed E-state index contributed by atoms with van der Waals surface area (Å²) in [6.07, 6.45) is 0.343. The number of aromatic hydroxyl groups is 1. The van der Waals surface area contributed by atoms with Crippen LogP contribution in [-0.4, -0.2) is 16.8 Å². The predicted molar refractivity (Wildman–Crippen MR) is 77.4 cm³/mol. The second-order valence-electron chi connectivity index (χ2n) is 4.41. The lowest BCUT2D eigenvalue weighted by molar-refractivity contribution is 0.304. The highest BCUT2D eigenvalue weighted by Crippen LogP contribution is 2.18. The van der Waals surface area contributed by atoms with E-state index in [4.69, 9.17) is 9.84 Å². The zero-order valence-electron chi connectivity index (χ0n) is 11.3. The molecule has 3 nitrogen and oxygen atoms in total. The molecule has 0 saturated carbocycles. The Morgan fingerprint density at radius 3 is 2.76 bits per heavy atom. The van der Waals surface area contributed by atoms with Crippen molar-refractivity contribution in [2.24, 2.45) is 0 Å². The van der Waals surface area contributed by atoms with Crippen LogP contribution in [0.4, 0.5) is 4.39 Å². The third-order valence-corrected chi connectivity index (χ3v) is 2.66. The molecule has 4 heteroatoms. The van der Waals surface area contributed by atoms with Gasteiger partial charge in [0.25, 0.3) is 0 Å². The van der Waals surface area contributed by atoms with Crippen molar-refractivity contribution >= 4 is 0 Å². The topological polar surface area (TPSA) is 49.7 Å². The quantitative estimate of drug-likeness (QED) is 0.850. The molecule has 2 aromatic carbocycles.